The Balaban J connectivity index is 1.83. The maximum atomic E-state index is 12.1. The molecule has 0 N–H and O–H groups in total. The number of rotatable bonds is 2. The molecule has 23 heavy (non-hydrogen) atoms. The molecule has 126 valence electrons. The molecule has 0 spiro atoms. The van der Waals surface area contributed by atoms with Crippen LogP contribution in [-0.2, 0) is 9.47 Å². The summed E-state index contributed by atoms with van der Waals surface area (Å²) in [4.78, 5) is 29.7. The molecule has 0 radical (unpaired) electrons. The van der Waals surface area contributed by atoms with Gasteiger partial charge in [0.1, 0.15) is 11.7 Å². The highest BCUT2D eigenvalue weighted by Crippen LogP contribution is 2.19. The minimum Gasteiger partial charge on any atom is -0.459 e. The number of nitrogens with zero attached hydrogens (tertiary/aromatic N) is 2. The summed E-state index contributed by atoms with van der Waals surface area (Å²) in [5.41, 5.74) is -0.0948. The molecule has 6 nitrogen and oxygen atoms in total. The second-order valence-corrected chi connectivity index (χ2v) is 7.38. The highest BCUT2D eigenvalue weighted by molar-refractivity contribution is 9.10. The Morgan fingerprint density at radius 1 is 1.26 bits per heavy atom. The van der Waals surface area contributed by atoms with Gasteiger partial charge in [-0.1, -0.05) is 0 Å². The van der Waals surface area contributed by atoms with Crippen LogP contribution in [0.1, 0.15) is 44.0 Å². The van der Waals surface area contributed by atoms with Gasteiger partial charge in [0.2, 0.25) is 0 Å². The zero-order valence-electron chi connectivity index (χ0n) is 13.5. The molecule has 1 aliphatic rings. The number of hydrogen-bond acceptors (Lipinski definition) is 5. The van der Waals surface area contributed by atoms with Crippen molar-refractivity contribution in [3.8, 4) is 0 Å². The Morgan fingerprint density at radius 3 is 2.48 bits per heavy atom. The minimum absolute atomic E-state index is 0.194. The van der Waals surface area contributed by atoms with E-state index in [0.29, 0.717) is 31.5 Å². The van der Waals surface area contributed by atoms with E-state index in [1.807, 2.05) is 20.8 Å². The van der Waals surface area contributed by atoms with Gasteiger partial charge in [0.25, 0.3) is 0 Å². The first-order chi connectivity index (χ1) is 10.7. The van der Waals surface area contributed by atoms with Crippen molar-refractivity contribution >= 4 is 28.0 Å². The smallest absolute Gasteiger partial charge is 0.410 e. The van der Waals surface area contributed by atoms with Crippen molar-refractivity contribution in [3.05, 3.63) is 28.5 Å². The largest absolute Gasteiger partial charge is 0.459 e. The molecule has 1 aromatic rings. The van der Waals surface area contributed by atoms with Gasteiger partial charge in [-0.15, -0.1) is 0 Å². The molecule has 2 heterocycles. The van der Waals surface area contributed by atoms with Crippen LogP contribution in [0.4, 0.5) is 4.79 Å². The molecule has 0 atom stereocenters. The summed E-state index contributed by atoms with van der Waals surface area (Å²) in [5, 5.41) is 0. The fraction of sp³-hybridized carbons (Fsp3) is 0.562. The van der Waals surface area contributed by atoms with Gasteiger partial charge >= 0.3 is 12.1 Å². The predicted octanol–water partition coefficient (Wildman–Crippen LogP) is 3.40. The van der Waals surface area contributed by atoms with Crippen LogP contribution in [0.25, 0.3) is 0 Å². The van der Waals surface area contributed by atoms with Crippen LogP contribution in [0.15, 0.2) is 22.9 Å². The Kier molecular flexibility index (Phi) is 5.62. The van der Waals surface area contributed by atoms with E-state index >= 15 is 0 Å². The summed E-state index contributed by atoms with van der Waals surface area (Å²) in [6.45, 7) is 6.55. The molecule has 7 heteroatoms. The lowest BCUT2D eigenvalue weighted by molar-refractivity contribution is -0.00342. The summed E-state index contributed by atoms with van der Waals surface area (Å²) >= 11 is 3.27. The van der Waals surface area contributed by atoms with E-state index in [9.17, 15) is 9.59 Å². The van der Waals surface area contributed by atoms with Crippen LogP contribution in [0.5, 0.6) is 0 Å². The number of carbonyl (C=O) groups is 2. The van der Waals surface area contributed by atoms with Crippen LogP contribution >= 0.6 is 15.9 Å². The number of hydrogen-bond donors (Lipinski definition) is 0. The number of halogens is 1. The van der Waals surface area contributed by atoms with E-state index in [1.165, 1.54) is 6.20 Å². The van der Waals surface area contributed by atoms with Crippen LogP contribution in [0, 0.1) is 0 Å². The molecule has 1 amide bonds. The molecular formula is C16H21BrN2O4. The van der Waals surface area contributed by atoms with Crippen molar-refractivity contribution in [3.63, 3.8) is 0 Å². The Hall–Kier alpha value is -1.63. The van der Waals surface area contributed by atoms with Gasteiger partial charge in [0, 0.05) is 42.8 Å². The highest BCUT2D eigenvalue weighted by atomic mass is 79.9. The van der Waals surface area contributed by atoms with E-state index in [4.69, 9.17) is 9.47 Å². The van der Waals surface area contributed by atoms with Crippen LogP contribution in [-0.4, -0.2) is 46.7 Å². The van der Waals surface area contributed by atoms with E-state index < -0.39 is 11.6 Å². The molecule has 0 unspecified atom stereocenters. The first kappa shape index (κ1) is 17.7. The van der Waals surface area contributed by atoms with E-state index in [-0.39, 0.29) is 12.2 Å². The van der Waals surface area contributed by atoms with Gasteiger partial charge in [-0.25, -0.2) is 9.59 Å². The average Bonchev–Trinajstić information content (AvgIpc) is 2.46. The van der Waals surface area contributed by atoms with Gasteiger partial charge < -0.3 is 14.4 Å². The van der Waals surface area contributed by atoms with E-state index in [1.54, 1.807) is 17.2 Å². The maximum absolute atomic E-state index is 12.1. The number of amides is 1. The summed E-state index contributed by atoms with van der Waals surface area (Å²) in [5.74, 6) is -0.394. The van der Waals surface area contributed by atoms with Gasteiger partial charge in [-0.2, -0.15) is 0 Å². The van der Waals surface area contributed by atoms with Gasteiger partial charge in [-0.05, 0) is 42.8 Å². The second-order valence-electron chi connectivity index (χ2n) is 6.46. The molecule has 2 rings (SSSR count). The lowest BCUT2D eigenvalue weighted by atomic mass is 10.1. The SMILES string of the molecule is CC(C)(C)OC(=O)N1CCC(OC(=O)c2cncc(Br)c2)CC1. The summed E-state index contributed by atoms with van der Waals surface area (Å²) in [6.07, 6.45) is 3.77. The normalized spacial score (nSPS) is 16.1. The lowest BCUT2D eigenvalue weighted by Gasteiger charge is -2.33. The summed E-state index contributed by atoms with van der Waals surface area (Å²) in [6, 6.07) is 1.67. The number of ether oxygens (including phenoxy) is 2. The Bertz CT molecular complexity index is 578. The van der Waals surface area contributed by atoms with Crippen LogP contribution < -0.4 is 0 Å². The van der Waals surface area contributed by atoms with Gasteiger partial charge in [-0.3, -0.25) is 4.98 Å². The number of esters is 1. The number of aromatic nitrogens is 1. The van der Waals surface area contributed by atoms with Crippen molar-refractivity contribution in [2.45, 2.75) is 45.3 Å². The zero-order valence-corrected chi connectivity index (χ0v) is 15.1. The number of piperidine rings is 1. The number of pyridine rings is 1. The fourth-order valence-corrected chi connectivity index (χ4v) is 2.59. The molecule has 1 saturated heterocycles. The Morgan fingerprint density at radius 2 is 1.91 bits per heavy atom. The van der Waals surface area contributed by atoms with E-state index in [2.05, 4.69) is 20.9 Å². The predicted molar refractivity (Wildman–Crippen MR) is 88.2 cm³/mol. The van der Waals surface area contributed by atoms with Crippen LogP contribution in [0.3, 0.4) is 0 Å². The van der Waals surface area contributed by atoms with E-state index in [0.717, 1.165) is 4.47 Å². The Labute approximate surface area is 144 Å². The monoisotopic (exact) mass is 384 g/mol. The molecule has 0 saturated carbocycles. The van der Waals surface area contributed by atoms with Gasteiger partial charge in [0.05, 0.1) is 5.56 Å². The highest BCUT2D eigenvalue weighted by Gasteiger charge is 2.28. The first-order valence-electron chi connectivity index (χ1n) is 7.54. The fourth-order valence-electron chi connectivity index (χ4n) is 2.23. The maximum Gasteiger partial charge on any atom is 0.410 e. The summed E-state index contributed by atoms with van der Waals surface area (Å²) < 4.78 is 11.6. The molecule has 0 bridgehead atoms. The quantitative estimate of drug-likeness (QED) is 0.730. The molecule has 1 fully saturated rings. The second kappa shape index (κ2) is 7.29. The van der Waals surface area contributed by atoms with Crippen molar-refractivity contribution in [2.24, 2.45) is 0 Å². The zero-order chi connectivity index (χ0) is 17.0. The van der Waals surface area contributed by atoms with Gasteiger partial charge in [0.15, 0.2) is 0 Å². The lowest BCUT2D eigenvalue weighted by Crippen LogP contribution is -2.43. The van der Waals surface area contributed by atoms with Crippen LogP contribution in [0.2, 0.25) is 0 Å². The standard InChI is InChI=1S/C16H21BrN2O4/c1-16(2,3)23-15(21)19-6-4-13(5-7-19)22-14(20)11-8-12(17)10-18-9-11/h8-10,13H,4-7H2,1-3H3. The third kappa shape index (κ3) is 5.49. The van der Waals surface area contributed by atoms with Crippen molar-refractivity contribution in [2.75, 3.05) is 13.1 Å². The average molecular weight is 385 g/mol. The molecule has 0 aliphatic carbocycles. The molecule has 1 aromatic heterocycles. The molecule has 1 aliphatic heterocycles. The molecule has 0 aromatic carbocycles. The number of likely N-dealkylation sites (tertiary alicyclic amines) is 1. The van der Waals surface area contributed by atoms with Crippen molar-refractivity contribution in [1.29, 1.82) is 0 Å². The minimum atomic E-state index is -0.506. The van der Waals surface area contributed by atoms with Crippen molar-refractivity contribution < 1.29 is 19.1 Å². The molecular weight excluding hydrogens is 364 g/mol. The number of carbonyl (C=O) groups excluding carboxylic acids is 2. The van der Waals surface area contributed by atoms with Crippen molar-refractivity contribution in [1.82, 2.24) is 9.88 Å². The third-order valence-corrected chi connectivity index (χ3v) is 3.74. The third-order valence-electron chi connectivity index (χ3n) is 3.31. The topological polar surface area (TPSA) is 68.7 Å². The summed E-state index contributed by atoms with van der Waals surface area (Å²) in [7, 11) is 0. The first-order valence-corrected chi connectivity index (χ1v) is 8.33.